The van der Waals surface area contributed by atoms with E-state index < -0.39 is 23.3 Å². The molecule has 0 saturated carbocycles. The van der Waals surface area contributed by atoms with Crippen LogP contribution in [0.1, 0.15) is 57.6 Å². The summed E-state index contributed by atoms with van der Waals surface area (Å²) in [4.78, 5) is 20.1. The number of anilines is 1. The van der Waals surface area contributed by atoms with Gasteiger partial charge in [-0.05, 0) is 92.6 Å². The molecular weight excluding hydrogens is 526 g/mol. The monoisotopic (exact) mass is 562 g/mol. The van der Waals surface area contributed by atoms with Crippen LogP contribution in [0.25, 0.3) is 11.1 Å². The van der Waals surface area contributed by atoms with Crippen LogP contribution in [0.4, 0.5) is 14.6 Å². The fourth-order valence-corrected chi connectivity index (χ4v) is 5.44. The van der Waals surface area contributed by atoms with Crippen LogP contribution in [-0.4, -0.2) is 52.5 Å². The number of hydrazone groups is 1. The highest BCUT2D eigenvalue weighted by Gasteiger charge is 2.35. The van der Waals surface area contributed by atoms with E-state index in [-0.39, 0.29) is 11.8 Å². The molecule has 1 atom stereocenters. The molecule has 0 radical (unpaired) electrons. The van der Waals surface area contributed by atoms with E-state index in [0.717, 1.165) is 35.2 Å². The second-order valence-corrected chi connectivity index (χ2v) is 11.4. The van der Waals surface area contributed by atoms with Crippen LogP contribution < -0.4 is 9.64 Å². The first kappa shape index (κ1) is 28.7. The average Bonchev–Trinajstić information content (AvgIpc) is 3.45. The van der Waals surface area contributed by atoms with Crippen molar-refractivity contribution in [1.29, 1.82) is 0 Å². The zero-order valence-corrected chi connectivity index (χ0v) is 23.5. The van der Waals surface area contributed by atoms with Crippen LogP contribution >= 0.6 is 0 Å². The first-order valence-electron chi connectivity index (χ1n) is 14.1. The quantitative estimate of drug-likeness (QED) is 0.318. The van der Waals surface area contributed by atoms with E-state index in [9.17, 15) is 18.7 Å². The molecule has 7 nitrogen and oxygen atoms in total. The van der Waals surface area contributed by atoms with Gasteiger partial charge in [0.05, 0.1) is 18.2 Å². The molecule has 2 aromatic carbocycles. The number of carbonyl (C=O) groups is 1. The molecule has 0 bridgehead atoms. The van der Waals surface area contributed by atoms with E-state index in [2.05, 4.69) is 21.1 Å². The number of piperidine rings is 1. The number of ether oxygens (including phenoxy) is 1. The molecule has 1 amide bonds. The molecule has 3 aromatic rings. The van der Waals surface area contributed by atoms with Crippen LogP contribution in [0.2, 0.25) is 0 Å². The number of aromatic nitrogens is 1. The van der Waals surface area contributed by atoms with Crippen molar-refractivity contribution in [3.05, 3.63) is 78.0 Å². The number of hydrogen-bond donors (Lipinski definition) is 1. The van der Waals surface area contributed by atoms with Crippen LogP contribution in [0, 0.1) is 17.6 Å². The predicted molar refractivity (Wildman–Crippen MR) is 155 cm³/mol. The second-order valence-electron chi connectivity index (χ2n) is 11.4. The number of halogens is 2. The molecule has 1 aromatic heterocycles. The van der Waals surface area contributed by atoms with Crippen LogP contribution in [-0.2, 0) is 4.79 Å². The maximum atomic E-state index is 13.8. The van der Waals surface area contributed by atoms with Gasteiger partial charge >= 0.3 is 0 Å². The summed E-state index contributed by atoms with van der Waals surface area (Å²) in [6.45, 7) is 5.45. The van der Waals surface area contributed by atoms with Crippen molar-refractivity contribution < 1.29 is 23.4 Å². The van der Waals surface area contributed by atoms with Gasteiger partial charge < -0.3 is 14.7 Å². The number of benzene rings is 2. The van der Waals surface area contributed by atoms with Crippen molar-refractivity contribution in [2.45, 2.75) is 57.6 Å². The summed E-state index contributed by atoms with van der Waals surface area (Å²) >= 11 is 0. The van der Waals surface area contributed by atoms with E-state index in [1.807, 2.05) is 30.3 Å². The summed E-state index contributed by atoms with van der Waals surface area (Å²) in [5.74, 6) is -0.0468. The number of aliphatic hydroxyl groups is 1. The third-order valence-corrected chi connectivity index (χ3v) is 7.61. The number of amides is 1. The maximum absolute atomic E-state index is 13.8. The Morgan fingerprint density at radius 2 is 1.78 bits per heavy atom. The molecule has 2 aliphatic rings. The summed E-state index contributed by atoms with van der Waals surface area (Å²) in [6.07, 6.45) is 6.55. The summed E-state index contributed by atoms with van der Waals surface area (Å²) in [7, 11) is 0. The largest absolute Gasteiger partial charge is 0.494 e. The van der Waals surface area contributed by atoms with E-state index in [1.54, 1.807) is 26.3 Å². The Balaban J connectivity index is 1.19. The molecule has 3 heterocycles. The standard InChI is InChI=1S/C32H36F2N4O3/c1-32(2,40)11-4-16-41-28-6-3-5-23(19-28)24-7-12-35-30(20-24)37-14-9-22(10-15-37)31(39)38-29(8-13-36-38)25-17-26(33)21-27(34)18-25/h3,5-7,12-13,17-22,29,40H,4,8-11,14-16H2,1-2H3. The smallest absolute Gasteiger partial charge is 0.246 e. The van der Waals surface area contributed by atoms with Crippen LogP contribution in [0.15, 0.2) is 65.9 Å². The third-order valence-electron chi connectivity index (χ3n) is 7.61. The van der Waals surface area contributed by atoms with Gasteiger partial charge in [-0.15, -0.1) is 0 Å². The van der Waals surface area contributed by atoms with Gasteiger partial charge in [-0.1, -0.05) is 12.1 Å². The number of hydrogen-bond acceptors (Lipinski definition) is 6. The van der Waals surface area contributed by atoms with Crippen molar-refractivity contribution in [1.82, 2.24) is 9.99 Å². The minimum absolute atomic E-state index is 0.117. The number of pyridine rings is 1. The fraction of sp³-hybridized carbons (Fsp3) is 0.406. The number of carbonyl (C=O) groups excluding carboxylic acids is 1. The van der Waals surface area contributed by atoms with Crippen molar-refractivity contribution in [2.24, 2.45) is 11.0 Å². The first-order valence-corrected chi connectivity index (χ1v) is 14.1. The van der Waals surface area contributed by atoms with Gasteiger partial charge in [0, 0.05) is 43.9 Å². The summed E-state index contributed by atoms with van der Waals surface area (Å²) in [6, 6.07) is 14.8. The highest BCUT2D eigenvalue weighted by Crippen LogP contribution is 2.34. The van der Waals surface area contributed by atoms with Crippen molar-refractivity contribution in [3.63, 3.8) is 0 Å². The molecule has 0 aliphatic carbocycles. The van der Waals surface area contributed by atoms with Gasteiger partial charge in [-0.2, -0.15) is 5.10 Å². The molecular formula is C32H36F2N4O3. The molecule has 1 N–H and O–H groups in total. The maximum Gasteiger partial charge on any atom is 0.246 e. The van der Waals surface area contributed by atoms with Gasteiger partial charge in [0.25, 0.3) is 0 Å². The Morgan fingerprint density at radius 3 is 2.51 bits per heavy atom. The molecule has 216 valence electrons. The number of nitrogens with zero attached hydrogens (tertiary/aromatic N) is 4. The van der Waals surface area contributed by atoms with E-state index in [1.165, 1.54) is 17.1 Å². The second kappa shape index (κ2) is 12.3. The van der Waals surface area contributed by atoms with Crippen molar-refractivity contribution >= 4 is 17.9 Å². The fourth-order valence-electron chi connectivity index (χ4n) is 5.44. The lowest BCUT2D eigenvalue weighted by molar-refractivity contribution is -0.138. The minimum Gasteiger partial charge on any atom is -0.494 e. The van der Waals surface area contributed by atoms with Gasteiger partial charge in [0.1, 0.15) is 23.2 Å². The topological polar surface area (TPSA) is 78.3 Å². The Labute approximate surface area is 239 Å². The molecule has 5 rings (SSSR count). The molecule has 0 spiro atoms. The van der Waals surface area contributed by atoms with E-state index in [0.29, 0.717) is 50.9 Å². The third kappa shape index (κ3) is 7.27. The molecule has 1 unspecified atom stereocenters. The Kier molecular flexibility index (Phi) is 8.63. The molecule has 1 saturated heterocycles. The molecule has 2 aliphatic heterocycles. The molecule has 41 heavy (non-hydrogen) atoms. The highest BCUT2D eigenvalue weighted by atomic mass is 19.1. The van der Waals surface area contributed by atoms with Gasteiger partial charge in [0.2, 0.25) is 5.91 Å². The summed E-state index contributed by atoms with van der Waals surface area (Å²) in [5.41, 5.74) is 1.75. The van der Waals surface area contributed by atoms with E-state index in [4.69, 9.17) is 4.74 Å². The first-order chi connectivity index (χ1) is 19.7. The van der Waals surface area contributed by atoms with Crippen LogP contribution in [0.3, 0.4) is 0 Å². The number of rotatable bonds is 9. The van der Waals surface area contributed by atoms with Crippen molar-refractivity contribution in [2.75, 3.05) is 24.6 Å². The SMILES string of the molecule is CC(C)(O)CCCOc1cccc(-c2ccnc(N3CCC(C(=O)N4N=CCC4c4cc(F)cc(F)c4)CC3)c2)c1. The predicted octanol–water partition coefficient (Wildman–Crippen LogP) is 6.13. The van der Waals surface area contributed by atoms with Gasteiger partial charge in [-0.25, -0.2) is 18.8 Å². The summed E-state index contributed by atoms with van der Waals surface area (Å²) in [5, 5.41) is 15.5. The Morgan fingerprint density at radius 1 is 1.05 bits per heavy atom. The van der Waals surface area contributed by atoms with Gasteiger partial charge in [-0.3, -0.25) is 4.79 Å². The summed E-state index contributed by atoms with van der Waals surface area (Å²) < 4.78 is 33.5. The normalized spacial score (nSPS) is 17.7. The average molecular weight is 563 g/mol. The lowest BCUT2D eigenvalue weighted by Crippen LogP contribution is -2.41. The zero-order chi connectivity index (χ0) is 29.0. The zero-order valence-electron chi connectivity index (χ0n) is 23.5. The van der Waals surface area contributed by atoms with Gasteiger partial charge in [0.15, 0.2) is 0 Å². The van der Waals surface area contributed by atoms with Crippen LogP contribution in [0.5, 0.6) is 5.75 Å². The lowest BCUT2D eigenvalue weighted by Gasteiger charge is -2.34. The van der Waals surface area contributed by atoms with E-state index >= 15 is 0 Å². The minimum atomic E-state index is -0.700. The van der Waals surface area contributed by atoms with Crippen molar-refractivity contribution in [3.8, 4) is 16.9 Å². The molecule has 9 heteroatoms. The molecule has 1 fully saturated rings. The highest BCUT2D eigenvalue weighted by molar-refractivity contribution is 5.82. The Bertz CT molecular complexity index is 1380. The Hall–Kier alpha value is -3.85. The lowest BCUT2D eigenvalue weighted by atomic mass is 9.94.